The molecule has 0 radical (unpaired) electrons. The van der Waals surface area contributed by atoms with E-state index in [9.17, 15) is 9.90 Å². The average Bonchev–Trinajstić information content (AvgIpc) is 2.29. The van der Waals surface area contributed by atoms with Gasteiger partial charge in [0.25, 0.3) is 5.91 Å². The molecule has 0 saturated heterocycles. The summed E-state index contributed by atoms with van der Waals surface area (Å²) in [5.74, 6) is -0.0268. The van der Waals surface area contributed by atoms with E-state index >= 15 is 0 Å². The largest absolute Gasteiger partial charge is 0.506 e. The fraction of sp³-hybridized carbons (Fsp3) is 0.286. The lowest BCUT2D eigenvalue weighted by Crippen LogP contribution is -2.41. The molecule has 1 aliphatic heterocycles. The van der Waals surface area contributed by atoms with Gasteiger partial charge in [-0.25, -0.2) is 0 Å². The van der Waals surface area contributed by atoms with E-state index in [0.717, 1.165) is 0 Å². The van der Waals surface area contributed by atoms with Crippen LogP contribution in [0.15, 0.2) is 6.20 Å². The summed E-state index contributed by atoms with van der Waals surface area (Å²) >= 11 is 0. The predicted molar refractivity (Wildman–Crippen MR) is 42.5 cm³/mol. The van der Waals surface area contributed by atoms with E-state index < -0.39 is 0 Å². The van der Waals surface area contributed by atoms with Crippen LogP contribution in [0.3, 0.4) is 0 Å². The molecular formula is C7H9N3O2. The minimum atomic E-state index is -0.161. The smallest absolute Gasteiger partial charge is 0.271 e. The first kappa shape index (κ1) is 7.02. The maximum atomic E-state index is 11.2. The summed E-state index contributed by atoms with van der Waals surface area (Å²) in [5, 5.41) is 11.9. The average molecular weight is 167 g/mol. The van der Waals surface area contributed by atoms with Crippen molar-refractivity contribution in [3.05, 3.63) is 17.5 Å². The van der Waals surface area contributed by atoms with Gasteiger partial charge >= 0.3 is 0 Å². The van der Waals surface area contributed by atoms with Crippen molar-refractivity contribution in [1.82, 2.24) is 9.99 Å². The van der Waals surface area contributed by atoms with Crippen LogP contribution in [0.25, 0.3) is 0 Å². The second-order valence-electron chi connectivity index (χ2n) is 2.70. The Labute approximate surface area is 69.0 Å². The Morgan fingerprint density at radius 2 is 2.42 bits per heavy atom. The van der Waals surface area contributed by atoms with E-state index in [1.807, 2.05) is 0 Å². The fourth-order valence-corrected chi connectivity index (χ4v) is 1.28. The number of aromatic nitrogens is 1. The van der Waals surface area contributed by atoms with E-state index in [-0.39, 0.29) is 11.7 Å². The number of fused-ring (bicyclic) bond motifs is 1. The zero-order valence-electron chi connectivity index (χ0n) is 6.59. The fourth-order valence-electron chi connectivity index (χ4n) is 1.28. The van der Waals surface area contributed by atoms with Gasteiger partial charge in [0.2, 0.25) is 0 Å². The molecule has 1 aromatic rings. The number of aromatic hydroxyl groups is 1. The van der Waals surface area contributed by atoms with Crippen molar-refractivity contribution >= 4 is 5.91 Å². The molecule has 5 nitrogen and oxygen atoms in total. The third-order valence-electron chi connectivity index (χ3n) is 1.95. The van der Waals surface area contributed by atoms with E-state index in [2.05, 4.69) is 10.7 Å². The van der Waals surface area contributed by atoms with Crippen molar-refractivity contribution in [3.63, 3.8) is 0 Å². The molecular weight excluding hydrogens is 158 g/mol. The van der Waals surface area contributed by atoms with E-state index in [4.69, 9.17) is 0 Å². The molecule has 2 heterocycles. The Bertz CT molecular complexity index is 343. The molecule has 1 amide bonds. The molecule has 0 fully saturated rings. The Morgan fingerprint density at radius 1 is 1.67 bits per heavy atom. The maximum Gasteiger partial charge on any atom is 0.271 e. The molecule has 0 unspecified atom stereocenters. The summed E-state index contributed by atoms with van der Waals surface area (Å²) in [7, 11) is 0. The first-order valence-corrected chi connectivity index (χ1v) is 3.63. The predicted octanol–water partition coefficient (Wildman–Crippen LogP) is -0.253. The SMILES string of the molecule is Cc1c(O)cn2c1C(=O)NCN2. The van der Waals surface area contributed by atoms with Gasteiger partial charge in [0.1, 0.15) is 18.1 Å². The van der Waals surface area contributed by atoms with Crippen LogP contribution in [0.2, 0.25) is 0 Å². The molecule has 1 aromatic heterocycles. The van der Waals surface area contributed by atoms with Crippen LogP contribution in [-0.2, 0) is 0 Å². The third-order valence-corrected chi connectivity index (χ3v) is 1.95. The summed E-state index contributed by atoms with van der Waals surface area (Å²) in [5.41, 5.74) is 3.95. The first-order chi connectivity index (χ1) is 5.70. The van der Waals surface area contributed by atoms with E-state index in [1.165, 1.54) is 10.9 Å². The molecule has 3 N–H and O–H groups in total. The molecule has 64 valence electrons. The minimum absolute atomic E-state index is 0.134. The van der Waals surface area contributed by atoms with Gasteiger partial charge in [0.05, 0.1) is 6.20 Å². The first-order valence-electron chi connectivity index (χ1n) is 3.63. The monoisotopic (exact) mass is 167 g/mol. The highest BCUT2D eigenvalue weighted by Crippen LogP contribution is 2.22. The topological polar surface area (TPSA) is 66.3 Å². The maximum absolute atomic E-state index is 11.2. The molecule has 5 heteroatoms. The highest BCUT2D eigenvalue weighted by Gasteiger charge is 2.21. The number of amides is 1. The van der Waals surface area contributed by atoms with Gasteiger partial charge in [0.15, 0.2) is 0 Å². The van der Waals surface area contributed by atoms with Crippen LogP contribution in [0.1, 0.15) is 16.1 Å². The van der Waals surface area contributed by atoms with Gasteiger partial charge in [-0.15, -0.1) is 0 Å². The van der Waals surface area contributed by atoms with Gasteiger partial charge in [-0.1, -0.05) is 0 Å². The number of carbonyl (C=O) groups is 1. The van der Waals surface area contributed by atoms with Crippen molar-refractivity contribution in [2.24, 2.45) is 0 Å². The Morgan fingerprint density at radius 3 is 3.08 bits per heavy atom. The summed E-state index contributed by atoms with van der Waals surface area (Å²) in [6.45, 7) is 2.09. The van der Waals surface area contributed by atoms with Crippen molar-refractivity contribution in [2.45, 2.75) is 6.92 Å². The summed E-state index contributed by atoms with van der Waals surface area (Å²) < 4.78 is 1.53. The summed E-state index contributed by atoms with van der Waals surface area (Å²) in [4.78, 5) is 11.2. The number of hydrogen-bond acceptors (Lipinski definition) is 3. The third kappa shape index (κ3) is 0.761. The normalized spacial score (nSPS) is 14.9. The van der Waals surface area contributed by atoms with Gasteiger partial charge in [0, 0.05) is 5.56 Å². The van der Waals surface area contributed by atoms with E-state index in [1.54, 1.807) is 6.92 Å². The van der Waals surface area contributed by atoms with Gasteiger partial charge < -0.3 is 15.8 Å². The van der Waals surface area contributed by atoms with Crippen LogP contribution in [-0.4, -0.2) is 22.4 Å². The molecule has 12 heavy (non-hydrogen) atoms. The van der Waals surface area contributed by atoms with Crippen molar-refractivity contribution in [3.8, 4) is 5.75 Å². The quantitative estimate of drug-likeness (QED) is 0.499. The van der Waals surface area contributed by atoms with Crippen molar-refractivity contribution < 1.29 is 9.90 Å². The lowest BCUT2D eigenvalue weighted by atomic mass is 10.2. The number of rotatable bonds is 0. The lowest BCUT2D eigenvalue weighted by Gasteiger charge is -2.18. The number of nitrogens with zero attached hydrogens (tertiary/aromatic N) is 1. The molecule has 0 bridgehead atoms. The van der Waals surface area contributed by atoms with Crippen LogP contribution < -0.4 is 10.7 Å². The number of carbonyl (C=O) groups excluding carboxylic acids is 1. The Hall–Kier alpha value is -1.65. The van der Waals surface area contributed by atoms with Crippen LogP contribution in [0.4, 0.5) is 0 Å². The Kier molecular flexibility index (Phi) is 1.27. The number of hydrogen-bond donors (Lipinski definition) is 3. The summed E-state index contributed by atoms with van der Waals surface area (Å²) in [6, 6.07) is 0. The standard InChI is InChI=1S/C7H9N3O2/c1-4-5(11)2-10-6(4)7(12)8-3-9-10/h2,9,11H,3H2,1H3,(H,8,12). The highest BCUT2D eigenvalue weighted by atomic mass is 16.3. The summed E-state index contributed by atoms with van der Waals surface area (Å²) in [6.07, 6.45) is 1.49. The van der Waals surface area contributed by atoms with Gasteiger partial charge in [-0.2, -0.15) is 0 Å². The van der Waals surface area contributed by atoms with Crippen LogP contribution in [0, 0.1) is 6.92 Å². The van der Waals surface area contributed by atoms with Crippen molar-refractivity contribution in [1.29, 1.82) is 0 Å². The Balaban J connectivity index is 2.61. The molecule has 1 aliphatic rings. The molecule has 2 rings (SSSR count). The zero-order valence-corrected chi connectivity index (χ0v) is 6.59. The molecule has 0 saturated carbocycles. The molecule has 0 atom stereocenters. The van der Waals surface area contributed by atoms with Gasteiger partial charge in [-0.05, 0) is 6.92 Å². The molecule has 0 aliphatic carbocycles. The van der Waals surface area contributed by atoms with Crippen LogP contribution >= 0.6 is 0 Å². The lowest BCUT2D eigenvalue weighted by molar-refractivity contribution is 0.0936. The van der Waals surface area contributed by atoms with Crippen molar-refractivity contribution in [2.75, 3.05) is 12.1 Å². The van der Waals surface area contributed by atoms with Crippen LogP contribution in [0.5, 0.6) is 5.75 Å². The zero-order chi connectivity index (χ0) is 8.72. The number of nitrogens with one attached hydrogen (secondary N) is 2. The molecule has 0 aromatic carbocycles. The second kappa shape index (κ2) is 2.17. The molecule has 0 spiro atoms. The van der Waals surface area contributed by atoms with E-state index in [0.29, 0.717) is 17.9 Å². The highest BCUT2D eigenvalue weighted by molar-refractivity contribution is 5.95. The second-order valence-corrected chi connectivity index (χ2v) is 2.70. The van der Waals surface area contributed by atoms with Gasteiger partial charge in [-0.3, -0.25) is 9.47 Å². The minimum Gasteiger partial charge on any atom is -0.506 e.